The summed E-state index contributed by atoms with van der Waals surface area (Å²) in [6, 6.07) is 4.49. The van der Waals surface area contributed by atoms with Gasteiger partial charge in [0.2, 0.25) is 0 Å². The van der Waals surface area contributed by atoms with E-state index in [9.17, 15) is 9.90 Å². The van der Waals surface area contributed by atoms with Crippen LogP contribution in [0.3, 0.4) is 0 Å². The maximum atomic E-state index is 11.2. The number of thioether (sulfide) groups is 1. The minimum Gasteiger partial charge on any atom is -0.507 e. The molecule has 17 heavy (non-hydrogen) atoms. The molecule has 0 saturated heterocycles. The second-order valence-corrected chi connectivity index (χ2v) is 4.38. The van der Waals surface area contributed by atoms with Crippen LogP contribution in [0.2, 0.25) is 0 Å². The molecular formula is C12H12O4S. The second-order valence-electron chi connectivity index (χ2n) is 3.57. The quantitative estimate of drug-likeness (QED) is 0.671. The minimum atomic E-state index is -0.569. The van der Waals surface area contributed by atoms with Gasteiger partial charge in [-0.2, -0.15) is 0 Å². The molecule has 1 aromatic heterocycles. The largest absolute Gasteiger partial charge is 0.507 e. The smallest absolute Gasteiger partial charge is 0.339 e. The highest BCUT2D eigenvalue weighted by atomic mass is 32.2. The van der Waals surface area contributed by atoms with Crippen molar-refractivity contribution in [3.05, 3.63) is 34.2 Å². The van der Waals surface area contributed by atoms with E-state index in [4.69, 9.17) is 9.15 Å². The fourth-order valence-corrected chi connectivity index (χ4v) is 1.85. The van der Waals surface area contributed by atoms with Crippen LogP contribution < -0.4 is 10.4 Å². The molecule has 1 aromatic carbocycles. The number of ether oxygens (including phenoxy) is 1. The molecule has 90 valence electrons. The van der Waals surface area contributed by atoms with Gasteiger partial charge in [0.15, 0.2) is 0 Å². The van der Waals surface area contributed by atoms with Crippen LogP contribution in [0, 0.1) is 6.92 Å². The van der Waals surface area contributed by atoms with E-state index in [0.717, 1.165) is 6.07 Å². The first kappa shape index (κ1) is 11.9. The summed E-state index contributed by atoms with van der Waals surface area (Å²) in [5, 5.41) is 10.2. The van der Waals surface area contributed by atoms with Gasteiger partial charge in [0.25, 0.3) is 0 Å². The van der Waals surface area contributed by atoms with Crippen LogP contribution >= 0.6 is 11.8 Å². The highest BCUT2D eigenvalue weighted by molar-refractivity contribution is 7.98. The highest BCUT2D eigenvalue weighted by Crippen LogP contribution is 2.31. The summed E-state index contributed by atoms with van der Waals surface area (Å²) >= 11 is 1.55. The van der Waals surface area contributed by atoms with Gasteiger partial charge in [-0.15, -0.1) is 11.8 Å². The standard InChI is InChI=1S/C12H12O4S/c1-7-10(15-6-17-2)4-3-8-9(13)5-11(14)16-12(7)8/h3-5,13H,6H2,1-2H3. The highest BCUT2D eigenvalue weighted by Gasteiger charge is 2.10. The molecule has 2 aromatic rings. The zero-order valence-corrected chi connectivity index (χ0v) is 10.3. The van der Waals surface area contributed by atoms with Crippen LogP contribution in [0.5, 0.6) is 11.5 Å². The predicted octanol–water partition coefficient (Wildman–Crippen LogP) is 2.51. The van der Waals surface area contributed by atoms with Gasteiger partial charge in [0.05, 0.1) is 11.5 Å². The van der Waals surface area contributed by atoms with Crippen molar-refractivity contribution in [2.75, 3.05) is 12.2 Å². The van der Waals surface area contributed by atoms with Gasteiger partial charge < -0.3 is 14.3 Å². The zero-order chi connectivity index (χ0) is 12.4. The average molecular weight is 252 g/mol. The van der Waals surface area contributed by atoms with Gasteiger partial charge in [-0.25, -0.2) is 4.79 Å². The second kappa shape index (κ2) is 4.71. The van der Waals surface area contributed by atoms with Gasteiger partial charge in [-0.1, -0.05) is 0 Å². The summed E-state index contributed by atoms with van der Waals surface area (Å²) < 4.78 is 10.6. The minimum absolute atomic E-state index is 0.0734. The maximum absolute atomic E-state index is 11.2. The third-order valence-corrected chi connectivity index (χ3v) is 2.78. The molecule has 0 aliphatic carbocycles. The Hall–Kier alpha value is -1.62. The lowest BCUT2D eigenvalue weighted by Crippen LogP contribution is -1.99. The van der Waals surface area contributed by atoms with Crippen molar-refractivity contribution >= 4 is 22.7 Å². The van der Waals surface area contributed by atoms with E-state index in [-0.39, 0.29) is 5.75 Å². The molecule has 0 aliphatic heterocycles. The molecule has 0 aliphatic rings. The summed E-state index contributed by atoms with van der Waals surface area (Å²) in [5.74, 6) is 1.10. The zero-order valence-electron chi connectivity index (χ0n) is 9.52. The molecule has 0 spiro atoms. The van der Waals surface area contributed by atoms with E-state index in [1.165, 1.54) is 0 Å². The third kappa shape index (κ3) is 2.24. The molecule has 1 N–H and O–H groups in total. The van der Waals surface area contributed by atoms with Gasteiger partial charge in [-0.05, 0) is 25.3 Å². The lowest BCUT2D eigenvalue weighted by Gasteiger charge is -2.09. The monoisotopic (exact) mass is 252 g/mol. The Balaban J connectivity index is 2.62. The van der Waals surface area contributed by atoms with Crippen molar-refractivity contribution in [3.63, 3.8) is 0 Å². The van der Waals surface area contributed by atoms with Crippen LogP contribution in [-0.4, -0.2) is 17.3 Å². The Morgan fingerprint density at radius 3 is 2.94 bits per heavy atom. The van der Waals surface area contributed by atoms with Gasteiger partial charge in [-0.3, -0.25) is 0 Å². The molecule has 1 heterocycles. The lowest BCUT2D eigenvalue weighted by molar-refractivity contribution is 0.389. The molecule has 0 bridgehead atoms. The first-order valence-corrected chi connectivity index (χ1v) is 6.41. The van der Waals surface area contributed by atoms with Crippen molar-refractivity contribution < 1.29 is 14.3 Å². The number of aryl methyl sites for hydroxylation is 1. The normalized spacial score (nSPS) is 10.7. The molecule has 0 unspecified atom stereocenters. The van der Waals surface area contributed by atoms with Crippen LogP contribution in [0.15, 0.2) is 27.4 Å². The van der Waals surface area contributed by atoms with Gasteiger partial charge in [0.1, 0.15) is 23.0 Å². The van der Waals surface area contributed by atoms with E-state index in [1.54, 1.807) is 30.8 Å². The van der Waals surface area contributed by atoms with Crippen molar-refractivity contribution in [3.8, 4) is 11.5 Å². The molecule has 0 saturated carbocycles. The first-order chi connectivity index (χ1) is 8.13. The van der Waals surface area contributed by atoms with E-state index in [2.05, 4.69) is 0 Å². The van der Waals surface area contributed by atoms with Crippen LogP contribution in [0.25, 0.3) is 11.0 Å². The van der Waals surface area contributed by atoms with Crippen molar-refractivity contribution in [1.29, 1.82) is 0 Å². The average Bonchev–Trinajstić information content (AvgIpc) is 2.29. The molecule has 0 radical (unpaired) electrons. The van der Waals surface area contributed by atoms with Crippen molar-refractivity contribution in [1.82, 2.24) is 0 Å². The third-order valence-electron chi connectivity index (χ3n) is 2.42. The Bertz CT molecular complexity index is 603. The molecule has 0 fully saturated rings. The van der Waals surface area contributed by atoms with Crippen molar-refractivity contribution in [2.45, 2.75) is 6.92 Å². The number of fused-ring (bicyclic) bond motifs is 1. The fourth-order valence-electron chi connectivity index (χ4n) is 1.61. The van der Waals surface area contributed by atoms with Crippen LogP contribution in [-0.2, 0) is 0 Å². The summed E-state index contributed by atoms with van der Waals surface area (Å²) in [4.78, 5) is 11.2. The molecule has 4 nitrogen and oxygen atoms in total. The molecule has 0 amide bonds. The van der Waals surface area contributed by atoms with E-state index >= 15 is 0 Å². The Labute approximate surface area is 102 Å². The summed E-state index contributed by atoms with van der Waals surface area (Å²) in [6.45, 7) is 1.79. The number of aromatic hydroxyl groups is 1. The topological polar surface area (TPSA) is 59.7 Å². The Kier molecular flexibility index (Phi) is 3.28. The van der Waals surface area contributed by atoms with Gasteiger partial charge >= 0.3 is 5.63 Å². The summed E-state index contributed by atoms with van der Waals surface area (Å²) in [6.07, 6.45) is 1.93. The number of hydrogen-bond acceptors (Lipinski definition) is 5. The molecule has 5 heteroatoms. The summed E-state index contributed by atoms with van der Waals surface area (Å²) in [5.41, 5.74) is 0.512. The van der Waals surface area contributed by atoms with Crippen LogP contribution in [0.4, 0.5) is 0 Å². The van der Waals surface area contributed by atoms with E-state index in [0.29, 0.717) is 28.2 Å². The van der Waals surface area contributed by atoms with E-state index in [1.807, 2.05) is 6.26 Å². The molecule has 2 rings (SSSR count). The first-order valence-electron chi connectivity index (χ1n) is 5.01. The van der Waals surface area contributed by atoms with Gasteiger partial charge in [0, 0.05) is 5.56 Å². The predicted molar refractivity (Wildman–Crippen MR) is 67.9 cm³/mol. The van der Waals surface area contributed by atoms with Crippen LogP contribution in [0.1, 0.15) is 5.56 Å². The lowest BCUT2D eigenvalue weighted by atomic mass is 10.1. The van der Waals surface area contributed by atoms with E-state index < -0.39 is 5.63 Å². The summed E-state index contributed by atoms with van der Waals surface area (Å²) in [7, 11) is 0. The Morgan fingerprint density at radius 1 is 1.47 bits per heavy atom. The number of hydrogen-bond donors (Lipinski definition) is 1. The Morgan fingerprint density at radius 2 is 2.24 bits per heavy atom. The SMILES string of the molecule is CSCOc1ccc2c(O)cc(=O)oc2c1C. The molecule has 0 atom stereocenters. The maximum Gasteiger partial charge on any atom is 0.339 e. The fraction of sp³-hybridized carbons (Fsp3) is 0.250. The van der Waals surface area contributed by atoms with Crippen molar-refractivity contribution in [2.24, 2.45) is 0 Å². The number of rotatable bonds is 3. The number of benzene rings is 1. The molecular weight excluding hydrogens is 240 g/mol.